The van der Waals surface area contributed by atoms with E-state index in [1.807, 2.05) is 43.3 Å². The van der Waals surface area contributed by atoms with Gasteiger partial charge in [-0.05, 0) is 54.1 Å². The third kappa shape index (κ3) is 4.44. The first-order chi connectivity index (χ1) is 15.7. The van der Waals surface area contributed by atoms with E-state index in [0.717, 1.165) is 31.9 Å². The third-order valence-corrected chi connectivity index (χ3v) is 7.19. The van der Waals surface area contributed by atoms with Crippen molar-refractivity contribution in [2.45, 2.75) is 16.3 Å². The van der Waals surface area contributed by atoms with Crippen molar-refractivity contribution in [2.75, 3.05) is 10.6 Å². The Balaban J connectivity index is 1.34. The van der Waals surface area contributed by atoms with E-state index in [-0.39, 0.29) is 6.03 Å². The van der Waals surface area contributed by atoms with Gasteiger partial charge in [0.1, 0.15) is 16.2 Å². The van der Waals surface area contributed by atoms with Crippen LogP contribution in [0.5, 0.6) is 0 Å². The molecular formula is C21H15N7OS3. The summed E-state index contributed by atoms with van der Waals surface area (Å²) >= 11 is 4.25. The first-order valence-corrected chi connectivity index (χ1v) is 12.0. The lowest BCUT2D eigenvalue weighted by molar-refractivity contribution is 0.262. The number of pyridine rings is 1. The Labute approximate surface area is 195 Å². The molecule has 0 saturated carbocycles. The average molecular weight is 478 g/mol. The van der Waals surface area contributed by atoms with Gasteiger partial charge < -0.3 is 5.32 Å². The predicted molar refractivity (Wildman–Crippen MR) is 128 cm³/mol. The molecule has 0 aliphatic heterocycles. The number of hydrogen-bond acceptors (Lipinski definition) is 9. The van der Waals surface area contributed by atoms with Gasteiger partial charge in [-0.15, -0.1) is 21.5 Å². The van der Waals surface area contributed by atoms with Gasteiger partial charge in [0.15, 0.2) is 4.34 Å². The van der Waals surface area contributed by atoms with Crippen molar-refractivity contribution in [3.05, 3.63) is 66.1 Å². The minimum Gasteiger partial charge on any atom is -0.308 e. The number of rotatable bonds is 5. The van der Waals surface area contributed by atoms with Gasteiger partial charge in [0, 0.05) is 29.0 Å². The Morgan fingerprint density at radius 1 is 1.06 bits per heavy atom. The van der Waals surface area contributed by atoms with E-state index in [1.165, 1.54) is 23.1 Å². The van der Waals surface area contributed by atoms with E-state index in [1.54, 1.807) is 30.1 Å². The average Bonchev–Trinajstić information content (AvgIpc) is 3.42. The first kappa shape index (κ1) is 20.5. The van der Waals surface area contributed by atoms with Gasteiger partial charge >= 0.3 is 6.03 Å². The number of aromatic nitrogens is 5. The van der Waals surface area contributed by atoms with Crippen LogP contribution in [0, 0.1) is 6.92 Å². The SMILES string of the molecule is Cc1cccc(NC(=O)Nc2nnc(Sc3ncnc4scc(-c5ccncc5)c34)s2)c1. The topological polar surface area (TPSA) is 106 Å². The molecule has 8 nitrogen and oxygen atoms in total. The molecule has 0 aliphatic rings. The number of hydrogen-bond donors (Lipinski definition) is 2. The summed E-state index contributed by atoms with van der Waals surface area (Å²) in [7, 11) is 0. The van der Waals surface area contributed by atoms with Gasteiger partial charge in [0.25, 0.3) is 0 Å². The van der Waals surface area contributed by atoms with Crippen molar-refractivity contribution in [3.8, 4) is 11.1 Å². The van der Waals surface area contributed by atoms with Crippen LogP contribution in [0.15, 0.2) is 69.9 Å². The van der Waals surface area contributed by atoms with Crippen molar-refractivity contribution >= 4 is 61.5 Å². The number of thiophene rings is 1. The maximum atomic E-state index is 12.3. The normalized spacial score (nSPS) is 10.9. The minimum atomic E-state index is -0.370. The Hall–Kier alpha value is -3.41. The van der Waals surface area contributed by atoms with E-state index in [9.17, 15) is 4.79 Å². The number of urea groups is 1. The number of carbonyl (C=O) groups is 1. The quantitative estimate of drug-likeness (QED) is 0.247. The molecule has 2 amide bonds. The van der Waals surface area contributed by atoms with Crippen LogP contribution in [0.1, 0.15) is 5.56 Å². The van der Waals surface area contributed by atoms with Crippen LogP contribution in [0.2, 0.25) is 0 Å². The molecule has 5 rings (SSSR count). The number of fused-ring (bicyclic) bond motifs is 1. The zero-order chi connectivity index (χ0) is 21.9. The summed E-state index contributed by atoms with van der Waals surface area (Å²) in [4.78, 5) is 26.2. The van der Waals surface area contributed by atoms with E-state index >= 15 is 0 Å². The molecule has 0 unspecified atom stereocenters. The number of nitrogens with one attached hydrogen (secondary N) is 2. The van der Waals surface area contributed by atoms with E-state index in [4.69, 9.17) is 0 Å². The molecule has 158 valence electrons. The summed E-state index contributed by atoms with van der Waals surface area (Å²) in [5, 5.41) is 18.0. The van der Waals surface area contributed by atoms with Gasteiger partial charge in [-0.1, -0.05) is 23.5 Å². The second kappa shape index (κ2) is 8.99. The van der Waals surface area contributed by atoms with Crippen LogP contribution >= 0.6 is 34.4 Å². The van der Waals surface area contributed by atoms with Crippen LogP contribution < -0.4 is 10.6 Å². The van der Waals surface area contributed by atoms with Crippen molar-refractivity contribution in [3.63, 3.8) is 0 Å². The van der Waals surface area contributed by atoms with Gasteiger partial charge in [-0.25, -0.2) is 14.8 Å². The molecule has 0 aliphatic carbocycles. The lowest BCUT2D eigenvalue weighted by atomic mass is 10.1. The number of amides is 2. The van der Waals surface area contributed by atoms with Crippen LogP contribution in [0.25, 0.3) is 21.3 Å². The van der Waals surface area contributed by atoms with Gasteiger partial charge in [0.05, 0.1) is 5.39 Å². The highest BCUT2D eigenvalue weighted by Crippen LogP contribution is 2.40. The number of nitrogens with zero attached hydrogens (tertiary/aromatic N) is 5. The minimum absolute atomic E-state index is 0.370. The maximum absolute atomic E-state index is 12.3. The second-order valence-corrected chi connectivity index (χ2v) is 9.74. The van der Waals surface area contributed by atoms with Crippen LogP contribution in [0.4, 0.5) is 15.6 Å². The van der Waals surface area contributed by atoms with E-state index in [2.05, 4.69) is 41.2 Å². The zero-order valence-electron chi connectivity index (χ0n) is 16.6. The van der Waals surface area contributed by atoms with Crippen LogP contribution in [-0.2, 0) is 0 Å². The molecule has 2 N–H and O–H groups in total. The lowest BCUT2D eigenvalue weighted by Crippen LogP contribution is -2.19. The van der Waals surface area contributed by atoms with Crippen LogP contribution in [-0.4, -0.2) is 31.2 Å². The summed E-state index contributed by atoms with van der Waals surface area (Å²) in [5.74, 6) is 0. The highest BCUT2D eigenvalue weighted by molar-refractivity contribution is 8.01. The summed E-state index contributed by atoms with van der Waals surface area (Å²) in [6, 6.07) is 11.1. The third-order valence-electron chi connectivity index (χ3n) is 4.41. The Morgan fingerprint density at radius 2 is 1.94 bits per heavy atom. The predicted octanol–water partition coefficient (Wildman–Crippen LogP) is 5.71. The molecule has 0 saturated heterocycles. The fourth-order valence-electron chi connectivity index (χ4n) is 3.04. The van der Waals surface area contributed by atoms with Crippen molar-refractivity contribution in [1.29, 1.82) is 0 Å². The second-order valence-electron chi connectivity index (χ2n) is 6.67. The molecule has 0 spiro atoms. The summed E-state index contributed by atoms with van der Waals surface area (Å²) < 4.78 is 0.669. The fourth-order valence-corrected chi connectivity index (χ4v) is 5.78. The number of benzene rings is 1. The molecule has 32 heavy (non-hydrogen) atoms. The highest BCUT2D eigenvalue weighted by atomic mass is 32.2. The monoisotopic (exact) mass is 477 g/mol. The largest absolute Gasteiger partial charge is 0.325 e. The number of carbonyl (C=O) groups excluding carboxylic acids is 1. The maximum Gasteiger partial charge on any atom is 0.325 e. The Morgan fingerprint density at radius 3 is 2.78 bits per heavy atom. The van der Waals surface area contributed by atoms with E-state index < -0.39 is 0 Å². The molecule has 0 atom stereocenters. The van der Waals surface area contributed by atoms with Gasteiger partial charge in [-0.3, -0.25) is 10.3 Å². The molecule has 1 aromatic carbocycles. The van der Waals surface area contributed by atoms with Crippen molar-refractivity contribution in [1.82, 2.24) is 25.1 Å². The Bertz CT molecular complexity index is 1400. The van der Waals surface area contributed by atoms with E-state index in [0.29, 0.717) is 15.2 Å². The molecule has 0 fully saturated rings. The molecular weight excluding hydrogens is 462 g/mol. The summed E-state index contributed by atoms with van der Waals surface area (Å²) in [6.07, 6.45) is 5.08. The number of anilines is 2. The fraction of sp³-hybridized carbons (Fsp3) is 0.0476. The zero-order valence-corrected chi connectivity index (χ0v) is 19.1. The smallest absolute Gasteiger partial charge is 0.308 e. The highest BCUT2D eigenvalue weighted by Gasteiger charge is 2.16. The van der Waals surface area contributed by atoms with Crippen molar-refractivity contribution in [2.24, 2.45) is 0 Å². The Kier molecular flexibility index (Phi) is 5.75. The standard InChI is InChI=1S/C21H15N7OS3/c1-12-3-2-4-14(9-12)25-19(29)26-20-27-28-21(32-20)31-18-16-15(13-5-7-22-8-6-13)10-30-17(16)23-11-24-18/h2-11H,1H3,(H2,25,26,27,29). The molecule has 4 aromatic heterocycles. The lowest BCUT2D eigenvalue weighted by Gasteiger charge is -2.05. The molecule has 0 bridgehead atoms. The van der Waals surface area contributed by atoms with Gasteiger partial charge in [0.2, 0.25) is 5.13 Å². The molecule has 4 heterocycles. The summed E-state index contributed by atoms with van der Waals surface area (Å²) in [5.41, 5.74) is 3.88. The first-order valence-electron chi connectivity index (χ1n) is 9.44. The van der Waals surface area contributed by atoms with Crippen LogP contribution in [0.3, 0.4) is 0 Å². The van der Waals surface area contributed by atoms with Crippen molar-refractivity contribution < 1.29 is 4.79 Å². The van der Waals surface area contributed by atoms with Gasteiger partial charge in [-0.2, -0.15) is 0 Å². The summed E-state index contributed by atoms with van der Waals surface area (Å²) in [6.45, 7) is 1.97. The molecule has 0 radical (unpaired) electrons. The molecule has 5 aromatic rings. The number of aryl methyl sites for hydroxylation is 1. The molecule has 11 heteroatoms.